The molecular weight excluding hydrogens is 194 g/mol. The first-order chi connectivity index (χ1) is 7.02. The molecule has 4 heteroatoms. The number of carbonyl (C=O) groups is 1. The van der Waals surface area contributed by atoms with E-state index in [0.717, 1.165) is 0 Å². The molecule has 1 aliphatic heterocycles. The summed E-state index contributed by atoms with van der Waals surface area (Å²) in [5, 5.41) is 0. The monoisotopic (exact) mass is 215 g/mol. The van der Waals surface area contributed by atoms with Gasteiger partial charge in [-0.1, -0.05) is 20.8 Å². The van der Waals surface area contributed by atoms with Gasteiger partial charge in [0.2, 0.25) is 0 Å². The summed E-state index contributed by atoms with van der Waals surface area (Å²) in [6.45, 7) is 6.73. The van der Waals surface area contributed by atoms with Crippen LogP contribution < -0.4 is 5.73 Å². The van der Waals surface area contributed by atoms with Crippen LogP contribution in [-0.4, -0.2) is 31.8 Å². The Bertz CT molecular complexity index is 230. The van der Waals surface area contributed by atoms with Gasteiger partial charge >= 0.3 is 5.97 Å². The Morgan fingerprint density at radius 3 is 2.33 bits per heavy atom. The summed E-state index contributed by atoms with van der Waals surface area (Å²) in [7, 11) is 1.39. The van der Waals surface area contributed by atoms with E-state index in [1.165, 1.54) is 7.11 Å². The Kier molecular flexibility index (Phi) is 4.11. The summed E-state index contributed by atoms with van der Waals surface area (Å²) in [5.41, 5.74) is 5.63. The lowest BCUT2D eigenvalue weighted by atomic mass is 9.76. The molecule has 0 bridgehead atoms. The summed E-state index contributed by atoms with van der Waals surface area (Å²) in [6, 6.07) is 0. The molecule has 0 aliphatic carbocycles. The summed E-state index contributed by atoms with van der Waals surface area (Å²) in [5.74, 6) is 0.678. The number of ether oxygens (including phenoxy) is 2. The van der Waals surface area contributed by atoms with Crippen LogP contribution >= 0.6 is 0 Å². The molecule has 1 fully saturated rings. The normalized spacial score (nSPS) is 41.3. The Morgan fingerprint density at radius 1 is 1.27 bits per heavy atom. The zero-order valence-corrected chi connectivity index (χ0v) is 9.90. The quantitative estimate of drug-likeness (QED) is 0.692. The summed E-state index contributed by atoms with van der Waals surface area (Å²) in [4.78, 5) is 11.5. The predicted molar refractivity (Wildman–Crippen MR) is 57.2 cm³/mol. The van der Waals surface area contributed by atoms with Crippen molar-refractivity contribution in [3.8, 4) is 0 Å². The maximum atomic E-state index is 11.5. The molecule has 1 rings (SSSR count). The van der Waals surface area contributed by atoms with Gasteiger partial charge < -0.3 is 15.2 Å². The minimum atomic E-state index is -0.463. The van der Waals surface area contributed by atoms with E-state index < -0.39 is 6.10 Å². The highest BCUT2D eigenvalue weighted by Gasteiger charge is 2.42. The first-order valence-electron chi connectivity index (χ1n) is 5.46. The number of hydrogen-bond donors (Lipinski definition) is 1. The third-order valence-corrected chi connectivity index (χ3v) is 3.71. The molecule has 2 N–H and O–H groups in total. The van der Waals surface area contributed by atoms with Crippen molar-refractivity contribution in [2.24, 2.45) is 23.5 Å². The Hall–Kier alpha value is -0.610. The van der Waals surface area contributed by atoms with E-state index in [-0.39, 0.29) is 18.0 Å². The van der Waals surface area contributed by atoms with E-state index in [2.05, 4.69) is 13.8 Å². The van der Waals surface area contributed by atoms with Crippen molar-refractivity contribution in [3.05, 3.63) is 0 Å². The van der Waals surface area contributed by atoms with Gasteiger partial charge in [-0.3, -0.25) is 0 Å². The van der Waals surface area contributed by atoms with Crippen LogP contribution in [0.3, 0.4) is 0 Å². The van der Waals surface area contributed by atoms with Crippen LogP contribution in [0, 0.1) is 17.8 Å². The standard InChI is InChI=1S/C11H21NO3/c1-6-7(2)9(5-12)15-10(8(6)3)11(13)14-4/h6-10H,5,12H2,1-4H3/t6-,7+,8+,9+,10+/m0/s1. The molecule has 88 valence electrons. The van der Waals surface area contributed by atoms with E-state index in [4.69, 9.17) is 15.2 Å². The molecule has 0 aromatic rings. The second kappa shape index (κ2) is 4.94. The third kappa shape index (κ3) is 2.32. The Labute approximate surface area is 91.1 Å². The van der Waals surface area contributed by atoms with Crippen LogP contribution in [0.1, 0.15) is 20.8 Å². The molecule has 0 spiro atoms. The van der Waals surface area contributed by atoms with Gasteiger partial charge in [-0.2, -0.15) is 0 Å². The number of hydrogen-bond acceptors (Lipinski definition) is 4. The SMILES string of the molecule is COC(=O)[C@@H]1O[C@H](CN)[C@H](C)[C@H](C)[C@H]1C. The topological polar surface area (TPSA) is 61.5 Å². The molecule has 5 atom stereocenters. The van der Waals surface area contributed by atoms with Crippen molar-refractivity contribution in [1.82, 2.24) is 0 Å². The highest BCUT2D eigenvalue weighted by atomic mass is 16.6. The molecule has 0 amide bonds. The lowest BCUT2D eigenvalue weighted by Crippen LogP contribution is -2.50. The molecule has 0 saturated carbocycles. The van der Waals surface area contributed by atoms with Gasteiger partial charge in [-0.15, -0.1) is 0 Å². The summed E-state index contributed by atoms with van der Waals surface area (Å²) >= 11 is 0. The van der Waals surface area contributed by atoms with Gasteiger partial charge in [0.15, 0.2) is 6.10 Å². The van der Waals surface area contributed by atoms with Gasteiger partial charge in [0.05, 0.1) is 13.2 Å². The molecule has 0 aromatic heterocycles. The van der Waals surface area contributed by atoms with E-state index in [1.807, 2.05) is 6.92 Å². The smallest absolute Gasteiger partial charge is 0.335 e. The molecule has 1 heterocycles. The van der Waals surface area contributed by atoms with Gasteiger partial charge in [0.1, 0.15) is 0 Å². The van der Waals surface area contributed by atoms with Crippen molar-refractivity contribution in [2.45, 2.75) is 33.0 Å². The van der Waals surface area contributed by atoms with Crippen molar-refractivity contribution in [1.29, 1.82) is 0 Å². The maximum Gasteiger partial charge on any atom is 0.335 e. The van der Waals surface area contributed by atoms with Crippen LogP contribution in [0.2, 0.25) is 0 Å². The highest BCUT2D eigenvalue weighted by molar-refractivity contribution is 5.75. The van der Waals surface area contributed by atoms with E-state index in [9.17, 15) is 4.79 Å². The van der Waals surface area contributed by atoms with E-state index >= 15 is 0 Å². The summed E-state index contributed by atoms with van der Waals surface area (Å²) < 4.78 is 10.4. The fraction of sp³-hybridized carbons (Fsp3) is 0.909. The van der Waals surface area contributed by atoms with Crippen molar-refractivity contribution >= 4 is 5.97 Å². The number of nitrogens with two attached hydrogens (primary N) is 1. The van der Waals surface area contributed by atoms with Crippen molar-refractivity contribution in [2.75, 3.05) is 13.7 Å². The maximum absolute atomic E-state index is 11.5. The number of esters is 1. The zero-order valence-electron chi connectivity index (χ0n) is 9.90. The molecule has 1 saturated heterocycles. The average molecular weight is 215 g/mol. The van der Waals surface area contributed by atoms with Crippen LogP contribution in [-0.2, 0) is 14.3 Å². The molecule has 15 heavy (non-hydrogen) atoms. The van der Waals surface area contributed by atoms with Gasteiger partial charge in [0.25, 0.3) is 0 Å². The Balaban J connectivity index is 2.78. The molecular formula is C11H21NO3. The van der Waals surface area contributed by atoms with E-state index in [0.29, 0.717) is 18.4 Å². The third-order valence-electron chi connectivity index (χ3n) is 3.71. The van der Waals surface area contributed by atoms with Crippen molar-refractivity contribution < 1.29 is 14.3 Å². The first-order valence-corrected chi connectivity index (χ1v) is 5.46. The zero-order chi connectivity index (χ0) is 11.6. The van der Waals surface area contributed by atoms with Gasteiger partial charge in [-0.25, -0.2) is 4.79 Å². The molecule has 0 aromatic carbocycles. The fourth-order valence-electron chi connectivity index (χ4n) is 2.19. The van der Waals surface area contributed by atoms with Crippen LogP contribution in [0.4, 0.5) is 0 Å². The minimum absolute atomic E-state index is 0.0414. The first kappa shape index (κ1) is 12.5. The lowest BCUT2D eigenvalue weighted by Gasteiger charge is -2.42. The fourth-order valence-corrected chi connectivity index (χ4v) is 2.19. The average Bonchev–Trinajstić information content (AvgIpc) is 2.25. The minimum Gasteiger partial charge on any atom is -0.467 e. The second-order valence-electron chi connectivity index (χ2n) is 4.43. The highest BCUT2D eigenvalue weighted by Crippen LogP contribution is 2.34. The van der Waals surface area contributed by atoms with Crippen LogP contribution in [0.5, 0.6) is 0 Å². The summed E-state index contributed by atoms with van der Waals surface area (Å²) in [6.07, 6.45) is -0.505. The number of methoxy groups -OCH3 is 1. The van der Waals surface area contributed by atoms with E-state index in [1.54, 1.807) is 0 Å². The lowest BCUT2D eigenvalue weighted by molar-refractivity contribution is -0.180. The second-order valence-corrected chi connectivity index (χ2v) is 4.43. The number of rotatable bonds is 2. The molecule has 0 radical (unpaired) electrons. The predicted octanol–water partition coefficient (Wildman–Crippen LogP) is 0.794. The molecule has 0 unspecified atom stereocenters. The van der Waals surface area contributed by atoms with Crippen LogP contribution in [0.15, 0.2) is 0 Å². The van der Waals surface area contributed by atoms with Gasteiger partial charge in [0, 0.05) is 6.54 Å². The van der Waals surface area contributed by atoms with Crippen molar-refractivity contribution in [3.63, 3.8) is 0 Å². The Morgan fingerprint density at radius 2 is 1.87 bits per heavy atom. The van der Waals surface area contributed by atoms with Crippen LogP contribution in [0.25, 0.3) is 0 Å². The molecule has 4 nitrogen and oxygen atoms in total. The molecule has 1 aliphatic rings. The number of carbonyl (C=O) groups excluding carboxylic acids is 1. The van der Waals surface area contributed by atoms with Gasteiger partial charge in [-0.05, 0) is 17.8 Å². The largest absolute Gasteiger partial charge is 0.467 e.